The van der Waals surface area contributed by atoms with Crippen LogP contribution in [0.25, 0.3) is 33.1 Å². The number of carbonyl (C=O) groups is 2. The summed E-state index contributed by atoms with van der Waals surface area (Å²) in [5.41, 5.74) is 2.48. The molecule has 5 aromatic rings. The Kier molecular flexibility index (Phi) is 6.12. The van der Waals surface area contributed by atoms with Crippen LogP contribution in [0.4, 0.5) is 5.13 Å². The molecule has 7 nitrogen and oxygen atoms in total. The van der Waals surface area contributed by atoms with Crippen molar-refractivity contribution in [3.05, 3.63) is 94.0 Å². The number of hydrogen-bond acceptors (Lipinski definition) is 6. The number of hydrogen-bond donors (Lipinski definition) is 1. The number of carbonyl (C=O) groups excluding carboxylic acids is 2. The molecule has 0 saturated carbocycles. The molecule has 0 saturated heterocycles. The molecule has 0 fully saturated rings. The van der Waals surface area contributed by atoms with Crippen molar-refractivity contribution < 1.29 is 14.3 Å². The van der Waals surface area contributed by atoms with Crippen LogP contribution >= 0.6 is 11.3 Å². The SMILES string of the molecule is CCOC(=O)c1sc(NC(=O)Cn2c3ccccc3c(=O)c3ccccc32)nc1-c1ccccc1. The van der Waals surface area contributed by atoms with Crippen molar-refractivity contribution in [3.8, 4) is 11.3 Å². The Morgan fingerprint density at radius 3 is 2.14 bits per heavy atom. The summed E-state index contributed by atoms with van der Waals surface area (Å²) in [7, 11) is 0. The highest BCUT2D eigenvalue weighted by molar-refractivity contribution is 7.18. The largest absolute Gasteiger partial charge is 0.462 e. The molecule has 0 bridgehead atoms. The Balaban J connectivity index is 1.51. The Hall–Kier alpha value is -4.30. The smallest absolute Gasteiger partial charge is 0.350 e. The van der Waals surface area contributed by atoms with Crippen molar-refractivity contribution in [2.24, 2.45) is 0 Å². The van der Waals surface area contributed by atoms with Crippen molar-refractivity contribution in [3.63, 3.8) is 0 Å². The van der Waals surface area contributed by atoms with Gasteiger partial charge in [-0.25, -0.2) is 9.78 Å². The highest BCUT2D eigenvalue weighted by Crippen LogP contribution is 2.32. The second kappa shape index (κ2) is 9.52. The number of anilines is 1. The normalized spacial score (nSPS) is 11.0. The van der Waals surface area contributed by atoms with E-state index in [0.29, 0.717) is 37.5 Å². The summed E-state index contributed by atoms with van der Waals surface area (Å²) in [6.07, 6.45) is 0. The number of amides is 1. The molecule has 174 valence electrons. The number of benzene rings is 3. The molecule has 35 heavy (non-hydrogen) atoms. The number of esters is 1. The number of nitrogens with one attached hydrogen (secondary N) is 1. The van der Waals surface area contributed by atoms with Gasteiger partial charge in [-0.1, -0.05) is 65.9 Å². The van der Waals surface area contributed by atoms with Crippen LogP contribution in [0, 0.1) is 0 Å². The zero-order valence-corrected chi connectivity index (χ0v) is 19.7. The lowest BCUT2D eigenvalue weighted by Gasteiger charge is -2.14. The molecular formula is C27H21N3O4S. The first-order valence-electron chi connectivity index (χ1n) is 11.1. The molecule has 0 unspecified atom stereocenters. The molecule has 3 aromatic carbocycles. The lowest BCUT2D eigenvalue weighted by atomic mass is 10.1. The van der Waals surface area contributed by atoms with Crippen LogP contribution in [0.3, 0.4) is 0 Å². The Bertz CT molecular complexity index is 1560. The van der Waals surface area contributed by atoms with Crippen molar-refractivity contribution in [1.82, 2.24) is 9.55 Å². The molecule has 0 atom stereocenters. The van der Waals surface area contributed by atoms with Gasteiger partial charge in [0.05, 0.1) is 23.3 Å². The van der Waals surface area contributed by atoms with E-state index >= 15 is 0 Å². The van der Waals surface area contributed by atoms with Crippen molar-refractivity contribution >= 4 is 50.2 Å². The van der Waals surface area contributed by atoms with E-state index in [4.69, 9.17) is 4.74 Å². The second-order valence-corrected chi connectivity index (χ2v) is 8.78. The number of nitrogens with zero attached hydrogens (tertiary/aromatic N) is 2. The Labute approximate surface area is 204 Å². The summed E-state index contributed by atoms with van der Waals surface area (Å²) in [6.45, 7) is 1.94. The highest BCUT2D eigenvalue weighted by atomic mass is 32.1. The molecule has 5 rings (SSSR count). The zero-order chi connectivity index (χ0) is 24.4. The fraction of sp³-hybridized carbons (Fsp3) is 0.111. The summed E-state index contributed by atoms with van der Waals surface area (Å²) in [4.78, 5) is 43.5. The van der Waals surface area contributed by atoms with Gasteiger partial charge in [-0.2, -0.15) is 0 Å². The monoisotopic (exact) mass is 483 g/mol. The van der Waals surface area contributed by atoms with E-state index in [1.807, 2.05) is 59.2 Å². The number of fused-ring (bicyclic) bond motifs is 2. The molecule has 2 heterocycles. The summed E-state index contributed by atoms with van der Waals surface area (Å²) in [5.74, 6) is -0.811. The molecule has 0 spiro atoms. The van der Waals surface area contributed by atoms with E-state index in [0.717, 1.165) is 16.9 Å². The quantitative estimate of drug-likeness (QED) is 0.268. The van der Waals surface area contributed by atoms with E-state index in [9.17, 15) is 14.4 Å². The summed E-state index contributed by atoms with van der Waals surface area (Å²) in [6, 6.07) is 23.7. The maximum absolute atomic E-state index is 13.1. The van der Waals surface area contributed by atoms with E-state index in [2.05, 4.69) is 10.3 Å². The third-order valence-corrected chi connectivity index (χ3v) is 6.51. The zero-order valence-electron chi connectivity index (χ0n) is 18.9. The first-order chi connectivity index (χ1) is 17.1. The van der Waals surface area contributed by atoms with Gasteiger partial charge in [-0.3, -0.25) is 9.59 Å². The van der Waals surface area contributed by atoms with E-state index < -0.39 is 5.97 Å². The van der Waals surface area contributed by atoms with E-state index in [1.165, 1.54) is 0 Å². The van der Waals surface area contributed by atoms with Crippen LogP contribution in [0.5, 0.6) is 0 Å². The van der Waals surface area contributed by atoms with Crippen LogP contribution in [-0.4, -0.2) is 28.0 Å². The van der Waals surface area contributed by atoms with Crippen LogP contribution in [0.2, 0.25) is 0 Å². The minimum atomic E-state index is -0.484. The van der Waals surface area contributed by atoms with Gasteiger partial charge in [-0.15, -0.1) is 0 Å². The molecule has 0 aliphatic rings. The van der Waals surface area contributed by atoms with Crippen LogP contribution in [0.1, 0.15) is 16.6 Å². The molecule has 1 amide bonds. The number of aromatic nitrogens is 2. The number of thiazole rings is 1. The topological polar surface area (TPSA) is 90.3 Å². The Morgan fingerprint density at radius 1 is 0.914 bits per heavy atom. The summed E-state index contributed by atoms with van der Waals surface area (Å²) in [5, 5.41) is 4.21. The van der Waals surface area contributed by atoms with Crippen LogP contribution < -0.4 is 10.7 Å². The highest BCUT2D eigenvalue weighted by Gasteiger charge is 2.22. The third kappa shape index (κ3) is 4.31. The van der Waals surface area contributed by atoms with Gasteiger partial charge in [0.15, 0.2) is 10.6 Å². The summed E-state index contributed by atoms with van der Waals surface area (Å²) < 4.78 is 7.02. The fourth-order valence-electron chi connectivity index (χ4n) is 4.05. The van der Waals surface area contributed by atoms with Crippen molar-refractivity contribution in [2.45, 2.75) is 13.5 Å². The second-order valence-electron chi connectivity index (χ2n) is 7.78. The first kappa shape index (κ1) is 22.5. The molecule has 2 aromatic heterocycles. The van der Waals surface area contributed by atoms with E-state index in [1.54, 1.807) is 31.2 Å². The predicted molar refractivity (Wildman–Crippen MR) is 138 cm³/mol. The van der Waals surface area contributed by atoms with Gasteiger partial charge < -0.3 is 14.6 Å². The lowest BCUT2D eigenvalue weighted by molar-refractivity contribution is -0.116. The van der Waals surface area contributed by atoms with Gasteiger partial charge in [0.1, 0.15) is 11.4 Å². The molecule has 0 aliphatic heterocycles. The Morgan fingerprint density at radius 2 is 1.51 bits per heavy atom. The number of pyridine rings is 1. The summed E-state index contributed by atoms with van der Waals surface area (Å²) >= 11 is 1.07. The van der Waals surface area contributed by atoms with Gasteiger partial charge >= 0.3 is 5.97 Å². The lowest BCUT2D eigenvalue weighted by Crippen LogP contribution is -2.21. The molecule has 1 N–H and O–H groups in total. The number of para-hydroxylation sites is 2. The minimum absolute atomic E-state index is 0.0315. The average molecular weight is 484 g/mol. The first-order valence-corrected chi connectivity index (χ1v) is 11.9. The molecular weight excluding hydrogens is 462 g/mol. The standard InChI is InChI=1S/C27H21N3O4S/c1-2-34-26(33)25-23(17-10-4-3-5-11-17)29-27(35-25)28-22(31)16-30-20-14-8-6-12-18(20)24(32)19-13-7-9-15-21(19)30/h3-15H,2,16H2,1H3,(H,28,29,31). The average Bonchev–Trinajstić information content (AvgIpc) is 3.31. The third-order valence-electron chi connectivity index (χ3n) is 5.56. The van der Waals surface area contributed by atoms with E-state index in [-0.39, 0.29) is 24.5 Å². The molecule has 0 radical (unpaired) electrons. The van der Waals surface area contributed by atoms with Gasteiger partial charge in [-0.05, 0) is 31.2 Å². The minimum Gasteiger partial charge on any atom is -0.462 e. The van der Waals surface area contributed by atoms with Crippen LogP contribution in [-0.2, 0) is 16.1 Å². The van der Waals surface area contributed by atoms with Crippen LogP contribution in [0.15, 0.2) is 83.7 Å². The predicted octanol–water partition coefficient (Wildman–Crippen LogP) is 5.09. The van der Waals surface area contributed by atoms with Gasteiger partial charge in [0.2, 0.25) is 5.91 Å². The molecule has 0 aliphatic carbocycles. The van der Waals surface area contributed by atoms with Crippen molar-refractivity contribution in [2.75, 3.05) is 11.9 Å². The number of ether oxygens (including phenoxy) is 1. The van der Waals surface area contributed by atoms with Crippen molar-refractivity contribution in [1.29, 1.82) is 0 Å². The fourth-order valence-corrected chi connectivity index (χ4v) is 4.95. The number of rotatable bonds is 6. The molecule has 8 heteroatoms. The maximum Gasteiger partial charge on any atom is 0.350 e. The van der Waals surface area contributed by atoms with Gasteiger partial charge in [0.25, 0.3) is 0 Å². The maximum atomic E-state index is 13.1. The van der Waals surface area contributed by atoms with Gasteiger partial charge in [0, 0.05) is 16.3 Å².